The zero-order chi connectivity index (χ0) is 36.5. The second-order valence-corrected chi connectivity index (χ2v) is 15.7. The molecule has 4 saturated heterocycles. The van der Waals surface area contributed by atoms with Crippen molar-refractivity contribution in [1.82, 2.24) is 40.1 Å². The van der Waals surface area contributed by atoms with Gasteiger partial charge in [-0.25, -0.2) is 0 Å². The summed E-state index contributed by atoms with van der Waals surface area (Å²) in [7, 11) is -1.65. The molecule has 19 nitrogen and oxygen atoms in total. The Morgan fingerprint density at radius 1 is 0.882 bits per heavy atom. The molecule has 1 aromatic rings. The predicted octanol–water partition coefficient (Wildman–Crippen LogP) is -4.32. The normalized spacial score (nSPS) is 25.6. The second-order valence-electron chi connectivity index (χ2n) is 13.0. The molecule has 51 heavy (non-hydrogen) atoms. The predicted molar refractivity (Wildman–Crippen MR) is 178 cm³/mol. The van der Waals surface area contributed by atoms with Crippen molar-refractivity contribution in [2.24, 2.45) is 0 Å². The van der Waals surface area contributed by atoms with Crippen LogP contribution in [0, 0.1) is 0 Å². The number of amides is 3. The average Bonchev–Trinajstić information content (AvgIpc) is 3.57. The maximum absolute atomic E-state index is 13.1. The number of nitrogens with zero attached hydrogens (tertiary/aromatic N) is 6. The first kappa shape index (κ1) is 38.7. The molecule has 0 spiro atoms. The van der Waals surface area contributed by atoms with Crippen LogP contribution in [-0.2, 0) is 41.1 Å². The molecule has 276 valence electrons. The van der Waals surface area contributed by atoms with Crippen molar-refractivity contribution in [1.29, 1.82) is 0 Å². The first-order chi connectivity index (χ1) is 24.4. The molecule has 5 rings (SSSR count). The van der Waals surface area contributed by atoms with Crippen LogP contribution in [0.25, 0.3) is 0 Å². The van der Waals surface area contributed by atoms with E-state index in [9.17, 15) is 38.8 Å². The minimum absolute atomic E-state index is 0.00636. The Hall–Kier alpha value is -3.57. The molecular formula is C30H44BGaN8O11. The van der Waals surface area contributed by atoms with Crippen molar-refractivity contribution in [3.8, 4) is 0 Å². The van der Waals surface area contributed by atoms with Crippen LogP contribution in [0.2, 0.25) is 0 Å². The fourth-order valence-electron chi connectivity index (χ4n) is 6.34. The number of carbonyl (C=O) groups is 6. The summed E-state index contributed by atoms with van der Waals surface area (Å²) in [5, 5.41) is 24.6. The Morgan fingerprint density at radius 2 is 1.43 bits per heavy atom. The van der Waals surface area contributed by atoms with E-state index < -0.39 is 66.1 Å². The molecule has 5 heterocycles. The van der Waals surface area contributed by atoms with Crippen molar-refractivity contribution in [3.05, 3.63) is 29.6 Å². The fraction of sp³-hybridized carbons (Fsp3) is 0.633. The topological polar surface area (TPSA) is 224 Å². The van der Waals surface area contributed by atoms with E-state index in [2.05, 4.69) is 15.6 Å². The van der Waals surface area contributed by atoms with Gasteiger partial charge in [-0.15, -0.1) is 0 Å². The van der Waals surface area contributed by atoms with Crippen LogP contribution in [0.5, 0.6) is 0 Å². The van der Waals surface area contributed by atoms with Gasteiger partial charge in [-0.1, -0.05) is 0 Å². The summed E-state index contributed by atoms with van der Waals surface area (Å²) in [5.41, 5.74) is 0.721. The van der Waals surface area contributed by atoms with Gasteiger partial charge in [0.15, 0.2) is 0 Å². The molecule has 4 aliphatic rings. The molecule has 2 unspecified atom stereocenters. The summed E-state index contributed by atoms with van der Waals surface area (Å²) in [6, 6.07) is 2.25. The number of hydrogen-bond acceptors (Lipinski definition) is 16. The molecule has 0 aromatic carbocycles. The number of pyridine rings is 1. The van der Waals surface area contributed by atoms with Crippen LogP contribution < -0.4 is 10.6 Å². The smallest absolute Gasteiger partial charge is 0.426 e. The summed E-state index contributed by atoms with van der Waals surface area (Å²) >= 11 is -3.95. The number of rotatable bonds is 8. The number of nitrogens with one attached hydrogen (secondary N) is 2. The first-order valence-electron chi connectivity index (χ1n) is 17.1. The second kappa shape index (κ2) is 18.3. The molecule has 4 fully saturated rings. The zero-order valence-corrected chi connectivity index (χ0v) is 31.0. The van der Waals surface area contributed by atoms with Gasteiger partial charge in [-0.2, -0.15) is 0 Å². The van der Waals surface area contributed by atoms with E-state index in [1.807, 2.05) is 19.6 Å². The summed E-state index contributed by atoms with van der Waals surface area (Å²) in [4.78, 5) is 90.1. The Kier molecular flexibility index (Phi) is 13.8. The Balaban J connectivity index is 1.15. The molecule has 4 atom stereocenters. The number of aromatic nitrogens is 1. The van der Waals surface area contributed by atoms with E-state index in [4.69, 9.17) is 10.6 Å². The third-order valence-electron chi connectivity index (χ3n) is 9.24. The van der Waals surface area contributed by atoms with E-state index >= 15 is 0 Å². The van der Waals surface area contributed by atoms with Gasteiger partial charge in [-0.3, -0.25) is 14.6 Å². The summed E-state index contributed by atoms with van der Waals surface area (Å²) in [6.45, 7) is 5.58. The van der Waals surface area contributed by atoms with Crippen molar-refractivity contribution in [2.75, 3.05) is 85.1 Å². The number of carbonyl (C=O) groups excluding carboxylic acids is 6. The molecule has 3 amide bonds. The maximum atomic E-state index is 13.1. The SMILES string of the molecule is C[C@@H](NC(=O)c1ccc(CNC(=O)CN2CCN3CCN4CCN(CC2)CC(=O)[O][Ga]([O]C(=O)C3)[O]C(=O)C4)nc1)C(=O)N1CCC[C@H]1B(O)O. The summed E-state index contributed by atoms with van der Waals surface area (Å²) < 4.78 is 16.1. The van der Waals surface area contributed by atoms with Crippen molar-refractivity contribution in [2.45, 2.75) is 38.3 Å². The van der Waals surface area contributed by atoms with Gasteiger partial charge in [0, 0.05) is 12.7 Å². The van der Waals surface area contributed by atoms with Crippen molar-refractivity contribution < 1.29 is 49.4 Å². The van der Waals surface area contributed by atoms with Gasteiger partial charge < -0.3 is 20.3 Å². The van der Waals surface area contributed by atoms with E-state index in [0.717, 1.165) is 0 Å². The molecule has 1 aromatic heterocycles. The summed E-state index contributed by atoms with van der Waals surface area (Å²) in [6.07, 6.45) is 2.47. The number of hydrogen-bond donors (Lipinski definition) is 4. The van der Waals surface area contributed by atoms with Gasteiger partial charge >= 0.3 is 194 Å². The van der Waals surface area contributed by atoms with Gasteiger partial charge in [-0.05, 0) is 31.9 Å². The van der Waals surface area contributed by atoms with E-state index in [1.54, 1.807) is 6.07 Å². The van der Waals surface area contributed by atoms with Gasteiger partial charge in [0.2, 0.25) is 5.91 Å². The first-order valence-corrected chi connectivity index (χ1v) is 20.1. The summed E-state index contributed by atoms with van der Waals surface area (Å²) in [5.74, 6) is -3.75. The molecule has 4 aliphatic heterocycles. The molecular weight excluding hydrogens is 729 g/mol. The standard InChI is InChI=1S/C30H47BN8O11.Ga/c1-21(30(48)39-6-2-3-24(39)31(49)50)34-29(47)22-4-5-23(32-15-22)16-33-25(40)17-35-7-9-36(18-26(41)42)11-13-38(20-28(45)46)14-12-37(10-8-35)19-27(43)44;/h4-5,15,21,24,49-50H,2-3,6-14,16-20H2,1H3,(H,33,40)(H,34,47)(H,41,42)(H,43,44)(H,45,46);/q;+3/p-3/t21-,24+;/m1./s1. The molecule has 0 aliphatic carbocycles. The molecule has 4 bridgehead atoms. The quantitative estimate of drug-likeness (QED) is 0.184. The zero-order valence-electron chi connectivity index (χ0n) is 28.6. The minimum atomic E-state index is -3.95. The van der Waals surface area contributed by atoms with Crippen LogP contribution in [0.3, 0.4) is 0 Å². The van der Waals surface area contributed by atoms with Crippen LogP contribution in [0.15, 0.2) is 18.3 Å². The van der Waals surface area contributed by atoms with E-state index in [0.29, 0.717) is 77.4 Å². The maximum Gasteiger partial charge on any atom is 0.475 e. The molecule has 0 radical (unpaired) electrons. The van der Waals surface area contributed by atoms with Gasteiger partial charge in [0.1, 0.15) is 6.04 Å². The Morgan fingerprint density at radius 3 is 1.94 bits per heavy atom. The number of likely N-dealkylation sites (tertiary alicyclic amines) is 1. The Labute approximate surface area is 301 Å². The largest absolute Gasteiger partial charge is 0.475 e. The molecule has 21 heteroatoms. The molecule has 0 saturated carbocycles. The van der Waals surface area contributed by atoms with E-state index in [-0.39, 0.29) is 44.2 Å². The fourth-order valence-corrected chi connectivity index (χ4v) is 8.47. The van der Waals surface area contributed by atoms with Crippen LogP contribution >= 0.6 is 0 Å². The number of fused-ring (bicyclic) bond motifs is 7. The van der Waals surface area contributed by atoms with Gasteiger partial charge in [0.05, 0.1) is 11.5 Å². The van der Waals surface area contributed by atoms with Crippen LogP contribution in [0.4, 0.5) is 0 Å². The average molecular weight is 773 g/mol. The monoisotopic (exact) mass is 772 g/mol. The van der Waals surface area contributed by atoms with Gasteiger partial charge in [0.25, 0.3) is 5.91 Å². The van der Waals surface area contributed by atoms with Crippen molar-refractivity contribution in [3.63, 3.8) is 0 Å². The van der Waals surface area contributed by atoms with Crippen LogP contribution in [-0.4, -0.2) is 197 Å². The van der Waals surface area contributed by atoms with E-state index in [1.165, 1.54) is 24.1 Å². The Bertz CT molecular complexity index is 1410. The molecule has 4 N–H and O–H groups in total. The third-order valence-corrected chi connectivity index (χ3v) is 12.1. The third kappa shape index (κ3) is 11.5. The van der Waals surface area contributed by atoms with Crippen molar-refractivity contribution >= 4 is 60.1 Å². The minimum Gasteiger partial charge on any atom is -0.426 e. The van der Waals surface area contributed by atoms with Crippen LogP contribution in [0.1, 0.15) is 35.8 Å².